The van der Waals surface area contributed by atoms with Gasteiger partial charge in [-0.2, -0.15) is 29.9 Å². The SMILES string of the molecule is C1CCOC1.Clc1nc(Cl)nc(-c2ccc(-c3ccccc3)cc2)n1.[H-].[Na+].c1ccc(-c2ccc(-c3nc(-n4c5ccccc5c5ccc6c7ccccc7n(-c7ccccc7)c6c54)nc(-n4c5ccccc5c5ccc6c7ccccc7n(-c7ccccc7)c6c54)n3)cc2)cc1.c1ccc(-n2c3ccccc3c3ccc4c5ccccc5[nH]c4c32)cc1. The number of hydrogen-bond acceptors (Lipinski definition) is 7. The fourth-order valence-electron chi connectivity index (χ4n) is 17.9. The van der Waals surface area contributed by atoms with Gasteiger partial charge in [-0.05, 0) is 131 Å². The van der Waals surface area contributed by atoms with Gasteiger partial charge >= 0.3 is 29.6 Å². The van der Waals surface area contributed by atoms with Crippen LogP contribution in [0.25, 0.3) is 205 Å². The van der Waals surface area contributed by atoms with Crippen molar-refractivity contribution in [1.29, 1.82) is 0 Å². The first-order chi connectivity index (χ1) is 59.9. The van der Waals surface area contributed by atoms with E-state index in [9.17, 15) is 0 Å². The first-order valence-electron chi connectivity index (χ1n) is 40.6. The smallest absolute Gasteiger partial charge is 1.00 e. The molecule has 1 aliphatic heterocycles. The van der Waals surface area contributed by atoms with Gasteiger partial charge in [0.1, 0.15) is 0 Å². The van der Waals surface area contributed by atoms with Gasteiger partial charge in [-0.25, -0.2) is 0 Å². The number of fused-ring (bicyclic) bond motifs is 21. The van der Waals surface area contributed by atoms with Crippen molar-refractivity contribution in [3.63, 3.8) is 0 Å². The Morgan fingerprint density at radius 2 is 0.516 bits per heavy atom. The number of para-hydroxylation sites is 9. The average molecular weight is 1620 g/mol. The first-order valence-corrected chi connectivity index (χ1v) is 41.4. The number of hydrogen-bond donors (Lipinski definition) is 1. The van der Waals surface area contributed by atoms with Crippen molar-refractivity contribution >= 4 is 154 Å². The Balaban J connectivity index is 0.000000146. The summed E-state index contributed by atoms with van der Waals surface area (Å²) in [5.74, 6) is 2.09. The van der Waals surface area contributed by atoms with Crippen LogP contribution in [0, 0.1) is 0 Å². The maximum Gasteiger partial charge on any atom is 1.00 e. The molecule has 1 fully saturated rings. The summed E-state index contributed by atoms with van der Waals surface area (Å²) in [6.45, 7) is 2.00. The van der Waals surface area contributed by atoms with Crippen LogP contribution in [0.4, 0.5) is 0 Å². The van der Waals surface area contributed by atoms with Crippen molar-refractivity contribution in [3.8, 4) is 74.0 Å². The van der Waals surface area contributed by atoms with Crippen LogP contribution in [0.3, 0.4) is 0 Å². The first kappa shape index (κ1) is 75.4. The van der Waals surface area contributed by atoms with E-state index in [-0.39, 0.29) is 41.6 Å². The van der Waals surface area contributed by atoms with Gasteiger partial charge in [0.15, 0.2) is 11.6 Å². The summed E-state index contributed by atoms with van der Waals surface area (Å²) in [5, 5.41) is 14.4. The standard InChI is InChI=1S/C63H39N7.C24H16N2.C15H9Cl2N3.C4H8O.Na.H/c1-4-18-40(19-5-1)41-32-34-42(35-33-41)61-64-62(69-55-30-16-12-26-47(55)51-38-36-49-45-24-10-14-28-53(45)67(57(49)59(51)69)43-20-6-2-7-21-43)66-63(65-61)70-56-31-17-13-27-48(56)52-39-37-50-46-25-11-15-29-54(46)68(58(50)60(52)70)44-22-8-3-9-23-44;1-2-8-16(9-3-1)26-22-13-7-5-11-18(22)20-15-14-19-17-10-4-6-12-21(17)25-23(19)24(20)26;16-14-18-13(19-15(17)20-14)12-8-6-11(7-9-12)10-4-2-1-3-5-10;1-2-4-5-3-1;;/h1-39H;1-15,25H;1-9H;1-4H2;;/q;;;;+1;-1. The second-order valence-electron chi connectivity index (χ2n) is 30.2. The van der Waals surface area contributed by atoms with E-state index in [0.29, 0.717) is 23.5 Å². The van der Waals surface area contributed by atoms with Crippen molar-refractivity contribution in [2.45, 2.75) is 12.8 Å². The molecule has 16 heteroatoms. The van der Waals surface area contributed by atoms with Crippen LogP contribution in [0.15, 0.2) is 382 Å². The second-order valence-corrected chi connectivity index (χ2v) is 30.9. The molecular weight excluding hydrogens is 1550 g/mol. The van der Waals surface area contributed by atoms with Crippen molar-refractivity contribution in [2.75, 3.05) is 13.2 Å². The van der Waals surface area contributed by atoms with E-state index in [1.165, 1.54) is 72.9 Å². The average Bonchev–Trinajstić information content (AvgIpc) is 1.55. The number of rotatable bonds is 9. The second kappa shape index (κ2) is 32.2. The van der Waals surface area contributed by atoms with E-state index >= 15 is 0 Å². The summed E-state index contributed by atoms with van der Waals surface area (Å²) in [5.41, 5.74) is 23.0. The number of halogens is 2. The number of H-pyrrole nitrogens is 1. The molecule has 0 bridgehead atoms. The Kier molecular flexibility index (Phi) is 19.9. The molecule has 0 aliphatic carbocycles. The number of benzene rings is 16. The molecule has 1 aliphatic rings. The molecule has 1 saturated heterocycles. The molecule has 122 heavy (non-hydrogen) atoms. The van der Waals surface area contributed by atoms with E-state index in [0.717, 1.165) is 134 Å². The third kappa shape index (κ3) is 13.3. The number of ether oxygens (including phenoxy) is 1. The van der Waals surface area contributed by atoms with Gasteiger partial charge in [-0.1, -0.05) is 309 Å². The molecule has 0 spiro atoms. The van der Waals surface area contributed by atoms with E-state index in [1.807, 2.05) is 42.5 Å². The van der Waals surface area contributed by atoms with Gasteiger partial charge < -0.3 is 24.8 Å². The predicted molar refractivity (Wildman–Crippen MR) is 500 cm³/mol. The number of aromatic nitrogens is 12. The van der Waals surface area contributed by atoms with Crippen LogP contribution in [-0.4, -0.2) is 70.9 Å². The van der Waals surface area contributed by atoms with E-state index < -0.39 is 0 Å². The molecule has 0 atom stereocenters. The minimum Gasteiger partial charge on any atom is -1.00 e. The van der Waals surface area contributed by atoms with Crippen LogP contribution < -0.4 is 29.6 Å². The molecule has 25 rings (SSSR count). The summed E-state index contributed by atoms with van der Waals surface area (Å²) < 4.78 is 16.7. The van der Waals surface area contributed by atoms with Gasteiger partial charge in [0.2, 0.25) is 22.5 Å². The largest absolute Gasteiger partial charge is 1.00 e. The van der Waals surface area contributed by atoms with E-state index in [4.69, 9.17) is 42.9 Å². The summed E-state index contributed by atoms with van der Waals surface area (Å²) >= 11 is 11.6. The molecule has 1 N–H and O–H groups in total. The molecule has 0 unspecified atom stereocenters. The van der Waals surface area contributed by atoms with Crippen molar-refractivity contribution < 1.29 is 35.7 Å². The summed E-state index contributed by atoms with van der Waals surface area (Å²) in [7, 11) is 0. The van der Waals surface area contributed by atoms with Crippen LogP contribution in [0.1, 0.15) is 14.3 Å². The zero-order chi connectivity index (χ0) is 80.4. The van der Waals surface area contributed by atoms with Crippen LogP contribution in [0.5, 0.6) is 0 Å². The quantitative estimate of drug-likeness (QED) is 0.143. The number of aromatic amines is 1. The molecule has 16 aromatic carbocycles. The maximum atomic E-state index is 5.78. The maximum absolute atomic E-state index is 5.78. The van der Waals surface area contributed by atoms with Crippen LogP contribution >= 0.6 is 23.2 Å². The topological polar surface area (TPSA) is 127 Å². The monoisotopic (exact) mass is 1620 g/mol. The molecule has 8 aromatic heterocycles. The minimum absolute atomic E-state index is 0. The zero-order valence-electron chi connectivity index (χ0n) is 67.3. The Labute approximate surface area is 734 Å². The van der Waals surface area contributed by atoms with E-state index in [2.05, 4.69) is 382 Å². The fourth-order valence-corrected chi connectivity index (χ4v) is 18.2. The van der Waals surface area contributed by atoms with E-state index in [1.54, 1.807) is 0 Å². The van der Waals surface area contributed by atoms with Crippen molar-refractivity contribution in [3.05, 3.63) is 393 Å². The Morgan fingerprint density at radius 3 is 0.885 bits per heavy atom. The summed E-state index contributed by atoms with van der Waals surface area (Å²) in [4.78, 5) is 32.4. The van der Waals surface area contributed by atoms with Gasteiger partial charge in [-0.3, -0.25) is 9.13 Å². The van der Waals surface area contributed by atoms with Gasteiger partial charge in [0.25, 0.3) is 0 Å². The van der Waals surface area contributed by atoms with Gasteiger partial charge in [-0.15, -0.1) is 0 Å². The minimum atomic E-state index is 0. The Morgan fingerprint density at radius 1 is 0.238 bits per heavy atom. The van der Waals surface area contributed by atoms with Gasteiger partial charge in [0, 0.05) is 112 Å². The Bertz CT molecular complexity index is 7800. The normalized spacial score (nSPS) is 12.1. The molecule has 24 aromatic rings. The number of nitrogens with one attached hydrogen (secondary N) is 1. The fraction of sp³-hybridized carbons (Fsp3) is 0.0377. The van der Waals surface area contributed by atoms with Crippen LogP contribution in [-0.2, 0) is 4.74 Å². The molecule has 0 radical (unpaired) electrons. The van der Waals surface area contributed by atoms with Gasteiger partial charge in [0.05, 0.1) is 60.7 Å². The Hall–Kier alpha value is -14.1. The van der Waals surface area contributed by atoms with Crippen molar-refractivity contribution in [2.24, 2.45) is 0 Å². The number of nitrogens with zero attached hydrogens (tertiary/aromatic N) is 11. The van der Waals surface area contributed by atoms with Crippen molar-refractivity contribution in [1.82, 2.24) is 57.7 Å². The molecule has 578 valence electrons. The third-order valence-electron chi connectivity index (χ3n) is 23.2. The zero-order valence-corrected chi connectivity index (χ0v) is 69.8. The predicted octanol–water partition coefficient (Wildman–Crippen LogP) is 24.4. The molecule has 0 saturated carbocycles. The summed E-state index contributed by atoms with van der Waals surface area (Å²) in [6, 6.07) is 135. The third-order valence-corrected chi connectivity index (χ3v) is 23.6. The van der Waals surface area contributed by atoms with Crippen LogP contribution in [0.2, 0.25) is 10.6 Å². The summed E-state index contributed by atoms with van der Waals surface area (Å²) in [6.07, 6.45) is 2.56. The molecule has 13 nitrogen and oxygen atoms in total. The molecule has 0 amide bonds. The molecular formula is C106H73Cl2N12NaO. The molecule has 9 heterocycles.